The molecule has 0 aliphatic heterocycles. The smallest absolute Gasteiger partial charge is 0.207 e. The lowest BCUT2D eigenvalue weighted by Crippen LogP contribution is -2.35. The molecule has 3 rings (SSSR count). The van der Waals surface area contributed by atoms with E-state index in [1.54, 1.807) is 0 Å². The minimum atomic E-state index is -2.41. The van der Waals surface area contributed by atoms with Crippen molar-refractivity contribution in [3.63, 3.8) is 0 Å². The molecule has 164 valence electrons. The van der Waals surface area contributed by atoms with Gasteiger partial charge in [-0.1, -0.05) is 70.2 Å². The summed E-state index contributed by atoms with van der Waals surface area (Å²) in [5, 5.41) is 0. The second-order valence-corrected chi connectivity index (χ2v) is 10.0. The molecule has 0 amide bonds. The lowest BCUT2D eigenvalue weighted by molar-refractivity contribution is -0.104. The van der Waals surface area contributed by atoms with Gasteiger partial charge in [-0.2, -0.15) is 0 Å². The molecule has 0 saturated heterocycles. The van der Waals surface area contributed by atoms with E-state index in [1.807, 2.05) is 6.92 Å². The Kier molecular flexibility index (Phi) is 8.57. The number of halogens is 2. The van der Waals surface area contributed by atoms with Crippen LogP contribution in [0.3, 0.4) is 0 Å². The zero-order valence-corrected chi connectivity index (χ0v) is 18.8. The second-order valence-electron chi connectivity index (χ2n) is 10.0. The summed E-state index contributed by atoms with van der Waals surface area (Å²) in [5.41, 5.74) is 3.00. The van der Waals surface area contributed by atoms with Crippen LogP contribution in [-0.2, 0) is 6.42 Å². The van der Waals surface area contributed by atoms with Gasteiger partial charge in [-0.15, -0.1) is 0 Å². The minimum Gasteiger partial charge on any atom is -0.207 e. The Balaban J connectivity index is 1.31. The molecule has 2 atom stereocenters. The normalized spacial score (nSPS) is 29.7. The Hall–Kier alpha value is -0.920. The molecule has 2 fully saturated rings. The summed E-state index contributed by atoms with van der Waals surface area (Å²) < 4.78 is 28.3. The van der Waals surface area contributed by atoms with Gasteiger partial charge in [0.05, 0.1) is 0 Å². The molecule has 2 aliphatic rings. The van der Waals surface area contributed by atoms with Crippen LogP contribution in [0.1, 0.15) is 114 Å². The maximum absolute atomic E-state index is 14.2. The van der Waals surface area contributed by atoms with Crippen LogP contribution >= 0.6 is 0 Å². The number of hydrogen-bond acceptors (Lipinski definition) is 0. The van der Waals surface area contributed by atoms with Gasteiger partial charge in [0.25, 0.3) is 5.92 Å². The number of hydrogen-bond donors (Lipinski definition) is 0. The molecule has 2 unspecified atom stereocenters. The molecular formula is C27H42F2. The van der Waals surface area contributed by atoms with Gasteiger partial charge >= 0.3 is 0 Å². The molecule has 1 aromatic carbocycles. The van der Waals surface area contributed by atoms with Gasteiger partial charge in [-0.05, 0) is 80.2 Å². The van der Waals surface area contributed by atoms with Crippen molar-refractivity contribution in [2.75, 3.05) is 0 Å². The highest BCUT2D eigenvalue weighted by molar-refractivity contribution is 5.25. The van der Waals surface area contributed by atoms with Crippen molar-refractivity contribution in [2.45, 2.75) is 116 Å². The van der Waals surface area contributed by atoms with Crippen molar-refractivity contribution in [2.24, 2.45) is 17.8 Å². The molecule has 0 N–H and O–H groups in total. The molecule has 2 aliphatic carbocycles. The van der Waals surface area contributed by atoms with Gasteiger partial charge < -0.3 is 0 Å². The van der Waals surface area contributed by atoms with Crippen molar-refractivity contribution in [3.05, 3.63) is 35.4 Å². The highest BCUT2D eigenvalue weighted by atomic mass is 19.3. The maximum Gasteiger partial charge on any atom is 0.251 e. The molecule has 0 nitrogen and oxygen atoms in total. The summed E-state index contributed by atoms with van der Waals surface area (Å²) in [6.07, 6.45) is 15.0. The van der Waals surface area contributed by atoms with E-state index in [0.717, 1.165) is 37.5 Å². The highest BCUT2D eigenvalue weighted by Gasteiger charge is 2.43. The van der Waals surface area contributed by atoms with E-state index < -0.39 is 5.92 Å². The van der Waals surface area contributed by atoms with E-state index in [9.17, 15) is 8.78 Å². The van der Waals surface area contributed by atoms with E-state index >= 15 is 0 Å². The predicted octanol–water partition coefficient (Wildman–Crippen LogP) is 8.93. The fraction of sp³-hybridized carbons (Fsp3) is 0.778. The van der Waals surface area contributed by atoms with Crippen molar-refractivity contribution in [1.82, 2.24) is 0 Å². The summed E-state index contributed by atoms with van der Waals surface area (Å²) in [7, 11) is 0. The maximum atomic E-state index is 14.2. The van der Waals surface area contributed by atoms with Crippen LogP contribution in [0.2, 0.25) is 0 Å². The van der Waals surface area contributed by atoms with E-state index in [0.29, 0.717) is 6.42 Å². The Bertz CT molecular complexity index is 583. The van der Waals surface area contributed by atoms with Crippen molar-refractivity contribution >= 4 is 0 Å². The third-order valence-electron chi connectivity index (χ3n) is 7.89. The number of benzene rings is 1. The van der Waals surface area contributed by atoms with Gasteiger partial charge in [-0.25, -0.2) is 8.78 Å². The van der Waals surface area contributed by atoms with Gasteiger partial charge in [0, 0.05) is 12.3 Å². The Morgan fingerprint density at radius 1 is 0.828 bits per heavy atom. The number of unbranched alkanes of at least 4 members (excludes halogenated alkanes) is 1. The number of alkyl halides is 2. The van der Waals surface area contributed by atoms with Crippen LogP contribution in [0.5, 0.6) is 0 Å². The monoisotopic (exact) mass is 404 g/mol. The Morgan fingerprint density at radius 3 is 2.03 bits per heavy atom. The first kappa shape index (κ1) is 22.8. The van der Waals surface area contributed by atoms with Gasteiger partial charge in [-0.3, -0.25) is 0 Å². The van der Waals surface area contributed by atoms with E-state index in [4.69, 9.17) is 0 Å². The summed E-state index contributed by atoms with van der Waals surface area (Å²) in [5.74, 6) is -0.901. The lowest BCUT2D eigenvalue weighted by atomic mass is 9.75. The predicted molar refractivity (Wildman–Crippen MR) is 120 cm³/mol. The summed E-state index contributed by atoms with van der Waals surface area (Å²) in [6, 6.07) is 9.36. The fourth-order valence-electron chi connectivity index (χ4n) is 5.95. The minimum absolute atomic E-state index is 0.146. The third-order valence-corrected chi connectivity index (χ3v) is 7.89. The summed E-state index contributed by atoms with van der Waals surface area (Å²) >= 11 is 0. The Labute approximate surface area is 177 Å². The SMILES string of the molecule is CCCc1ccc(C2CCC(CCCCC3CCC(CC)C(F)(F)C3)CC2)cc1. The number of rotatable bonds is 9. The summed E-state index contributed by atoms with van der Waals surface area (Å²) in [6.45, 7) is 4.15. The molecule has 0 bridgehead atoms. The average molecular weight is 405 g/mol. The van der Waals surface area contributed by atoms with E-state index in [2.05, 4.69) is 31.2 Å². The van der Waals surface area contributed by atoms with Gasteiger partial charge in [0.2, 0.25) is 0 Å². The van der Waals surface area contributed by atoms with Crippen LogP contribution in [0, 0.1) is 17.8 Å². The van der Waals surface area contributed by atoms with Crippen LogP contribution in [-0.4, -0.2) is 5.92 Å². The zero-order valence-electron chi connectivity index (χ0n) is 18.8. The molecule has 0 radical (unpaired) electrons. The Morgan fingerprint density at radius 2 is 1.45 bits per heavy atom. The van der Waals surface area contributed by atoms with Crippen LogP contribution in [0.15, 0.2) is 24.3 Å². The topological polar surface area (TPSA) is 0 Å². The van der Waals surface area contributed by atoms with E-state index in [1.165, 1.54) is 62.5 Å². The van der Waals surface area contributed by atoms with Crippen LogP contribution in [0.4, 0.5) is 8.78 Å². The molecule has 0 aromatic heterocycles. The fourth-order valence-corrected chi connectivity index (χ4v) is 5.95. The van der Waals surface area contributed by atoms with Crippen LogP contribution < -0.4 is 0 Å². The molecule has 2 heteroatoms. The standard InChI is InChI=1S/C27H42F2/c1-3-7-21-10-15-24(16-11-21)25-17-12-22(13-18-25)8-5-6-9-23-14-19-26(4-2)27(28,29)20-23/h10-11,15-16,22-23,25-26H,3-9,12-14,17-20H2,1-2H3. The van der Waals surface area contributed by atoms with Crippen molar-refractivity contribution in [3.8, 4) is 0 Å². The lowest BCUT2D eigenvalue weighted by Gasteiger charge is -2.35. The average Bonchev–Trinajstić information content (AvgIpc) is 2.72. The molecule has 2 saturated carbocycles. The van der Waals surface area contributed by atoms with Gasteiger partial charge in [0.15, 0.2) is 0 Å². The molecule has 0 spiro atoms. The molecule has 29 heavy (non-hydrogen) atoms. The first-order valence-electron chi connectivity index (χ1n) is 12.5. The largest absolute Gasteiger partial charge is 0.251 e. The number of aryl methyl sites for hydroxylation is 1. The molecule has 0 heterocycles. The van der Waals surface area contributed by atoms with Crippen molar-refractivity contribution in [1.29, 1.82) is 0 Å². The molecule has 1 aromatic rings. The van der Waals surface area contributed by atoms with Crippen molar-refractivity contribution < 1.29 is 8.78 Å². The first-order valence-corrected chi connectivity index (χ1v) is 12.5. The second kappa shape index (κ2) is 10.9. The van der Waals surface area contributed by atoms with Crippen LogP contribution in [0.25, 0.3) is 0 Å². The van der Waals surface area contributed by atoms with E-state index in [-0.39, 0.29) is 18.3 Å². The quantitative estimate of drug-likeness (QED) is 0.360. The van der Waals surface area contributed by atoms with Gasteiger partial charge in [0.1, 0.15) is 0 Å². The zero-order chi connectivity index (χ0) is 20.7. The highest BCUT2D eigenvalue weighted by Crippen LogP contribution is 2.44. The third kappa shape index (κ3) is 6.53. The molecular weight excluding hydrogens is 362 g/mol. The summed E-state index contributed by atoms with van der Waals surface area (Å²) in [4.78, 5) is 0. The first-order chi connectivity index (χ1) is 14.0.